The number of carbonyl (C=O) groups is 1. The maximum atomic E-state index is 12.6. The number of hydrogen-bond donors (Lipinski definition) is 1. The molecule has 0 aliphatic heterocycles. The zero-order valence-corrected chi connectivity index (χ0v) is 14.2. The number of nitrogens with one attached hydrogen (secondary N) is 1. The molecule has 3 rings (SSSR count). The van der Waals surface area contributed by atoms with E-state index in [-0.39, 0.29) is 5.91 Å². The van der Waals surface area contributed by atoms with E-state index in [9.17, 15) is 4.79 Å². The van der Waals surface area contributed by atoms with Crippen LogP contribution in [0.4, 0.5) is 5.82 Å². The number of halogens is 2. The largest absolute Gasteiger partial charge is 0.496 e. The minimum absolute atomic E-state index is 0.327. The van der Waals surface area contributed by atoms with Crippen molar-refractivity contribution in [1.82, 2.24) is 9.78 Å². The summed E-state index contributed by atoms with van der Waals surface area (Å²) in [5.41, 5.74) is 1.12. The average Bonchev–Trinajstić information content (AvgIpc) is 3.02. The van der Waals surface area contributed by atoms with E-state index in [1.807, 2.05) is 12.1 Å². The minimum Gasteiger partial charge on any atom is -0.496 e. The fourth-order valence-corrected chi connectivity index (χ4v) is 2.59. The quantitative estimate of drug-likeness (QED) is 0.747. The van der Waals surface area contributed by atoms with Gasteiger partial charge in [-0.3, -0.25) is 4.79 Å². The third-order valence-corrected chi connectivity index (χ3v) is 3.82. The van der Waals surface area contributed by atoms with E-state index < -0.39 is 0 Å². The Balaban J connectivity index is 1.90. The number of amides is 1. The molecule has 1 heterocycles. The molecule has 0 radical (unpaired) electrons. The summed E-state index contributed by atoms with van der Waals surface area (Å²) in [7, 11) is 1.48. The van der Waals surface area contributed by atoms with E-state index in [4.69, 9.17) is 27.9 Å². The lowest BCUT2D eigenvalue weighted by molar-refractivity contribution is 0.102. The lowest BCUT2D eigenvalue weighted by Gasteiger charge is -2.11. The van der Waals surface area contributed by atoms with Crippen LogP contribution in [0.25, 0.3) is 5.69 Å². The SMILES string of the molecule is COc1cc(Cl)ccc1C(=O)Nc1ccnn1-c1cccc(Cl)c1. The van der Waals surface area contributed by atoms with Gasteiger partial charge in [-0.1, -0.05) is 29.3 Å². The van der Waals surface area contributed by atoms with Crippen LogP contribution in [-0.4, -0.2) is 22.8 Å². The second-order valence-corrected chi connectivity index (χ2v) is 5.78. The molecule has 0 saturated carbocycles. The number of aromatic nitrogens is 2. The molecule has 0 saturated heterocycles. The van der Waals surface area contributed by atoms with Crippen LogP contribution < -0.4 is 10.1 Å². The second-order valence-electron chi connectivity index (χ2n) is 4.91. The molecule has 0 atom stereocenters. The third-order valence-electron chi connectivity index (χ3n) is 3.35. The first kappa shape index (κ1) is 16.4. The molecule has 2 aromatic carbocycles. The van der Waals surface area contributed by atoms with Crippen molar-refractivity contribution in [2.24, 2.45) is 0 Å². The Hall–Kier alpha value is -2.50. The number of ether oxygens (including phenoxy) is 1. The highest BCUT2D eigenvalue weighted by Gasteiger charge is 2.15. The predicted octanol–water partition coefficient (Wildman–Crippen LogP) is 4.44. The van der Waals surface area contributed by atoms with Crippen LogP contribution in [0.15, 0.2) is 54.7 Å². The number of benzene rings is 2. The maximum absolute atomic E-state index is 12.6. The van der Waals surface area contributed by atoms with Crippen molar-refractivity contribution in [2.45, 2.75) is 0 Å². The molecule has 1 amide bonds. The molecule has 24 heavy (non-hydrogen) atoms. The molecule has 0 unspecified atom stereocenters. The van der Waals surface area contributed by atoms with Gasteiger partial charge in [-0.15, -0.1) is 0 Å². The lowest BCUT2D eigenvalue weighted by Crippen LogP contribution is -2.16. The standard InChI is InChI=1S/C17H13Cl2N3O2/c1-24-15-10-12(19)5-6-14(15)17(23)21-16-7-8-20-22(16)13-4-2-3-11(18)9-13/h2-10H,1H3,(H,21,23). The highest BCUT2D eigenvalue weighted by atomic mass is 35.5. The summed E-state index contributed by atoms with van der Waals surface area (Å²) >= 11 is 11.9. The highest BCUT2D eigenvalue weighted by Crippen LogP contribution is 2.25. The Labute approximate surface area is 148 Å². The zero-order chi connectivity index (χ0) is 17.1. The van der Waals surface area contributed by atoms with Gasteiger partial charge in [0.15, 0.2) is 0 Å². The fourth-order valence-electron chi connectivity index (χ4n) is 2.25. The first-order valence-corrected chi connectivity index (χ1v) is 7.79. The molecule has 1 aromatic heterocycles. The molecule has 3 aromatic rings. The molecule has 0 aliphatic rings. The number of methoxy groups -OCH3 is 1. The summed E-state index contributed by atoms with van der Waals surface area (Å²) in [6.45, 7) is 0. The Kier molecular flexibility index (Phi) is 4.74. The summed E-state index contributed by atoms with van der Waals surface area (Å²) in [6, 6.07) is 13.7. The summed E-state index contributed by atoms with van der Waals surface area (Å²) < 4.78 is 6.80. The average molecular weight is 362 g/mol. The van der Waals surface area contributed by atoms with E-state index in [1.54, 1.807) is 47.3 Å². The van der Waals surface area contributed by atoms with Crippen LogP contribution in [0.2, 0.25) is 10.0 Å². The number of anilines is 1. The van der Waals surface area contributed by atoms with Crippen molar-refractivity contribution in [3.63, 3.8) is 0 Å². The van der Waals surface area contributed by atoms with Gasteiger partial charge in [-0.25, -0.2) is 4.68 Å². The Bertz CT molecular complexity index is 893. The molecular formula is C17H13Cl2N3O2. The summed E-state index contributed by atoms with van der Waals surface area (Å²) in [5, 5.41) is 8.11. The number of carbonyl (C=O) groups excluding carboxylic acids is 1. The number of nitrogens with zero attached hydrogens (tertiary/aromatic N) is 2. The van der Waals surface area contributed by atoms with Gasteiger partial charge < -0.3 is 10.1 Å². The smallest absolute Gasteiger partial charge is 0.260 e. The molecule has 0 fully saturated rings. The van der Waals surface area contributed by atoms with E-state index in [2.05, 4.69) is 10.4 Å². The fraction of sp³-hybridized carbons (Fsp3) is 0.0588. The Morgan fingerprint density at radius 1 is 1.12 bits per heavy atom. The minimum atomic E-state index is -0.327. The van der Waals surface area contributed by atoms with Gasteiger partial charge in [0.05, 0.1) is 24.6 Å². The monoisotopic (exact) mass is 361 g/mol. The molecule has 1 N–H and O–H groups in total. The van der Waals surface area contributed by atoms with E-state index in [0.29, 0.717) is 27.2 Å². The summed E-state index contributed by atoms with van der Waals surface area (Å²) in [4.78, 5) is 12.6. The van der Waals surface area contributed by atoms with E-state index >= 15 is 0 Å². The van der Waals surface area contributed by atoms with Gasteiger partial charge in [0.2, 0.25) is 0 Å². The number of rotatable bonds is 4. The molecule has 122 valence electrons. The zero-order valence-electron chi connectivity index (χ0n) is 12.7. The highest BCUT2D eigenvalue weighted by molar-refractivity contribution is 6.31. The van der Waals surface area contributed by atoms with Gasteiger partial charge in [0.25, 0.3) is 5.91 Å². The second kappa shape index (κ2) is 6.95. The van der Waals surface area contributed by atoms with Crippen molar-refractivity contribution in [3.8, 4) is 11.4 Å². The van der Waals surface area contributed by atoms with Crippen molar-refractivity contribution in [3.05, 3.63) is 70.3 Å². The maximum Gasteiger partial charge on any atom is 0.260 e. The topological polar surface area (TPSA) is 56.1 Å². The first-order chi connectivity index (χ1) is 11.6. The molecule has 0 spiro atoms. The Morgan fingerprint density at radius 2 is 1.92 bits per heavy atom. The molecule has 7 heteroatoms. The van der Waals surface area contributed by atoms with E-state index in [1.165, 1.54) is 7.11 Å². The van der Waals surface area contributed by atoms with Crippen molar-refractivity contribution in [2.75, 3.05) is 12.4 Å². The number of hydrogen-bond acceptors (Lipinski definition) is 3. The van der Waals surface area contributed by atoms with Crippen LogP contribution in [0, 0.1) is 0 Å². The van der Waals surface area contributed by atoms with Crippen LogP contribution in [-0.2, 0) is 0 Å². The van der Waals surface area contributed by atoms with Gasteiger partial charge >= 0.3 is 0 Å². The van der Waals surface area contributed by atoms with E-state index in [0.717, 1.165) is 5.69 Å². The Morgan fingerprint density at radius 3 is 2.67 bits per heavy atom. The predicted molar refractivity (Wildman–Crippen MR) is 94.5 cm³/mol. The summed E-state index contributed by atoms with van der Waals surface area (Å²) in [5.74, 6) is 0.584. The van der Waals surface area contributed by atoms with Crippen LogP contribution >= 0.6 is 23.2 Å². The van der Waals surface area contributed by atoms with Crippen molar-refractivity contribution in [1.29, 1.82) is 0 Å². The van der Waals surface area contributed by atoms with Crippen LogP contribution in [0.3, 0.4) is 0 Å². The van der Waals surface area contributed by atoms with Gasteiger partial charge in [-0.2, -0.15) is 5.10 Å². The molecule has 0 bridgehead atoms. The van der Waals surface area contributed by atoms with Gasteiger partial charge in [0.1, 0.15) is 11.6 Å². The van der Waals surface area contributed by atoms with Crippen molar-refractivity contribution < 1.29 is 9.53 Å². The third kappa shape index (κ3) is 3.37. The lowest BCUT2D eigenvalue weighted by atomic mass is 10.2. The van der Waals surface area contributed by atoms with Crippen LogP contribution in [0.5, 0.6) is 5.75 Å². The van der Waals surface area contributed by atoms with Gasteiger partial charge in [0, 0.05) is 16.1 Å². The normalized spacial score (nSPS) is 10.5. The first-order valence-electron chi connectivity index (χ1n) is 7.03. The molecule has 0 aliphatic carbocycles. The molecular weight excluding hydrogens is 349 g/mol. The van der Waals surface area contributed by atoms with Gasteiger partial charge in [-0.05, 0) is 36.4 Å². The van der Waals surface area contributed by atoms with Crippen LogP contribution in [0.1, 0.15) is 10.4 Å². The summed E-state index contributed by atoms with van der Waals surface area (Å²) in [6.07, 6.45) is 1.59. The molecule has 5 nitrogen and oxygen atoms in total. The van der Waals surface area contributed by atoms with Crippen molar-refractivity contribution >= 4 is 34.9 Å².